The van der Waals surface area contributed by atoms with E-state index in [9.17, 15) is 8.42 Å². The smallest absolute Gasteiger partial charge is 0.241 e. The van der Waals surface area contributed by atoms with Crippen LogP contribution in [0.4, 0.5) is 11.4 Å². The minimum absolute atomic E-state index is 0.237. The van der Waals surface area contributed by atoms with Gasteiger partial charge in [0.05, 0.1) is 4.90 Å². The van der Waals surface area contributed by atoms with Crippen molar-refractivity contribution >= 4 is 37.3 Å². The minimum Gasteiger partial charge on any atom is -0.399 e. The molecule has 0 aliphatic rings. The first-order chi connectivity index (χ1) is 10.8. The van der Waals surface area contributed by atoms with Crippen molar-refractivity contribution in [3.05, 3.63) is 52.5 Å². The van der Waals surface area contributed by atoms with Crippen LogP contribution in [0, 0.1) is 0 Å². The van der Waals surface area contributed by atoms with E-state index in [0.717, 1.165) is 11.3 Å². The van der Waals surface area contributed by atoms with E-state index < -0.39 is 10.0 Å². The molecular weight excluding hydrogens is 378 g/mol. The predicted molar refractivity (Wildman–Crippen MR) is 98.2 cm³/mol. The van der Waals surface area contributed by atoms with Crippen LogP contribution in [0.2, 0.25) is 0 Å². The Hall–Kier alpha value is -1.57. The second-order valence-electron chi connectivity index (χ2n) is 5.40. The summed E-state index contributed by atoms with van der Waals surface area (Å²) in [5.41, 5.74) is 8.18. The molecule has 124 valence electrons. The lowest BCUT2D eigenvalue weighted by Crippen LogP contribution is -2.26. The Morgan fingerprint density at radius 3 is 2.39 bits per heavy atom. The maximum Gasteiger partial charge on any atom is 0.241 e. The quantitative estimate of drug-likeness (QED) is 0.734. The van der Waals surface area contributed by atoms with E-state index in [1.165, 1.54) is 0 Å². The van der Waals surface area contributed by atoms with Gasteiger partial charge in [-0.1, -0.05) is 12.1 Å². The zero-order valence-electron chi connectivity index (χ0n) is 13.1. The van der Waals surface area contributed by atoms with E-state index in [2.05, 4.69) is 20.7 Å². The lowest BCUT2D eigenvalue weighted by atomic mass is 10.1. The summed E-state index contributed by atoms with van der Waals surface area (Å²) in [6.07, 6.45) is 0.602. The van der Waals surface area contributed by atoms with Crippen molar-refractivity contribution in [2.24, 2.45) is 0 Å². The molecule has 0 atom stereocenters. The van der Waals surface area contributed by atoms with Crippen LogP contribution in [0.25, 0.3) is 0 Å². The molecule has 0 radical (unpaired) electrons. The van der Waals surface area contributed by atoms with E-state index in [1.54, 1.807) is 24.3 Å². The summed E-state index contributed by atoms with van der Waals surface area (Å²) in [4.78, 5) is 2.10. The number of sulfonamides is 1. The van der Waals surface area contributed by atoms with Crippen LogP contribution in [-0.2, 0) is 16.4 Å². The van der Waals surface area contributed by atoms with Crippen molar-refractivity contribution in [2.75, 3.05) is 31.3 Å². The lowest BCUT2D eigenvalue weighted by Gasteiger charge is -2.15. The van der Waals surface area contributed by atoms with Crippen molar-refractivity contribution < 1.29 is 8.42 Å². The fourth-order valence-corrected chi connectivity index (χ4v) is 4.08. The first-order valence-corrected chi connectivity index (χ1v) is 9.38. The molecule has 2 aromatic rings. The fraction of sp³-hybridized carbons (Fsp3) is 0.250. The molecule has 3 N–H and O–H groups in total. The number of benzene rings is 2. The summed E-state index contributed by atoms with van der Waals surface area (Å²) in [6, 6.07) is 12.7. The molecule has 2 rings (SSSR count). The zero-order chi connectivity index (χ0) is 17.0. The van der Waals surface area contributed by atoms with Gasteiger partial charge in [-0.05, 0) is 58.2 Å². The van der Waals surface area contributed by atoms with Gasteiger partial charge in [0.25, 0.3) is 0 Å². The van der Waals surface area contributed by atoms with Crippen LogP contribution in [0.5, 0.6) is 0 Å². The number of hydrogen-bond acceptors (Lipinski definition) is 4. The average molecular weight is 398 g/mol. The van der Waals surface area contributed by atoms with E-state index in [-0.39, 0.29) is 4.90 Å². The highest BCUT2D eigenvalue weighted by Crippen LogP contribution is 2.26. The number of halogens is 1. The summed E-state index contributed by atoms with van der Waals surface area (Å²) in [7, 11) is 0.165. The Morgan fingerprint density at radius 2 is 1.78 bits per heavy atom. The van der Waals surface area contributed by atoms with Crippen molar-refractivity contribution in [1.82, 2.24) is 4.72 Å². The van der Waals surface area contributed by atoms with Crippen molar-refractivity contribution in [1.29, 1.82) is 0 Å². The van der Waals surface area contributed by atoms with Crippen LogP contribution in [-0.4, -0.2) is 29.1 Å². The van der Waals surface area contributed by atoms with Crippen LogP contribution in [0.3, 0.4) is 0 Å². The number of rotatable bonds is 6. The predicted octanol–water partition coefficient (Wildman–Crippen LogP) is 2.62. The summed E-state index contributed by atoms with van der Waals surface area (Å²) in [5, 5.41) is 0. The molecule has 0 unspecified atom stereocenters. The van der Waals surface area contributed by atoms with E-state index in [4.69, 9.17) is 5.73 Å². The number of nitrogens with one attached hydrogen (secondary N) is 1. The van der Waals surface area contributed by atoms with Gasteiger partial charge in [0.15, 0.2) is 0 Å². The summed E-state index contributed by atoms with van der Waals surface area (Å²) in [5.74, 6) is 0. The highest BCUT2D eigenvalue weighted by atomic mass is 79.9. The Morgan fingerprint density at radius 1 is 1.13 bits per heavy atom. The molecule has 0 amide bonds. The molecule has 7 heteroatoms. The maximum absolute atomic E-state index is 12.5. The Kier molecular flexibility index (Phi) is 5.67. The molecule has 0 saturated heterocycles. The molecule has 5 nitrogen and oxygen atoms in total. The van der Waals surface area contributed by atoms with Crippen LogP contribution >= 0.6 is 15.9 Å². The Balaban J connectivity index is 2.09. The summed E-state index contributed by atoms with van der Waals surface area (Å²) < 4.78 is 28.2. The monoisotopic (exact) mass is 397 g/mol. The van der Waals surface area contributed by atoms with E-state index >= 15 is 0 Å². The van der Waals surface area contributed by atoms with Crippen LogP contribution in [0.15, 0.2) is 51.8 Å². The number of nitrogens with two attached hydrogens (primary N) is 1. The van der Waals surface area contributed by atoms with Gasteiger partial charge in [0.2, 0.25) is 10.0 Å². The van der Waals surface area contributed by atoms with Crippen molar-refractivity contribution in [2.45, 2.75) is 11.3 Å². The molecule has 0 aliphatic heterocycles. The lowest BCUT2D eigenvalue weighted by molar-refractivity contribution is 0.581. The normalized spacial score (nSPS) is 11.4. The Labute approximate surface area is 145 Å². The molecule has 23 heavy (non-hydrogen) atoms. The largest absolute Gasteiger partial charge is 0.399 e. The maximum atomic E-state index is 12.5. The van der Waals surface area contributed by atoms with Gasteiger partial charge in [-0.25, -0.2) is 13.1 Å². The number of nitrogen functional groups attached to an aromatic ring is 1. The number of hydrogen-bond donors (Lipinski definition) is 2. The Bertz CT molecular complexity index is 774. The van der Waals surface area contributed by atoms with Crippen molar-refractivity contribution in [3.8, 4) is 0 Å². The topological polar surface area (TPSA) is 75.4 Å². The second kappa shape index (κ2) is 7.33. The third-order valence-electron chi connectivity index (χ3n) is 3.41. The molecule has 0 saturated carbocycles. The standard InChI is InChI=1S/C16H20BrN3O2S/c1-20(2)14-7-8-15(17)16(11-14)23(21,22)19-10-9-12-3-5-13(18)6-4-12/h3-8,11,19H,9-10,18H2,1-2H3. The zero-order valence-corrected chi connectivity index (χ0v) is 15.5. The van der Waals surface area contributed by atoms with E-state index in [0.29, 0.717) is 23.1 Å². The van der Waals surface area contributed by atoms with E-state index in [1.807, 2.05) is 37.2 Å². The van der Waals surface area contributed by atoms with Gasteiger partial charge in [-0.3, -0.25) is 0 Å². The second-order valence-corrected chi connectivity index (χ2v) is 7.99. The highest BCUT2D eigenvalue weighted by Gasteiger charge is 2.18. The first kappa shape index (κ1) is 17.8. The first-order valence-electron chi connectivity index (χ1n) is 7.10. The molecule has 0 aliphatic carbocycles. The van der Waals surface area contributed by atoms with Crippen LogP contribution in [0.1, 0.15) is 5.56 Å². The number of nitrogens with zero attached hydrogens (tertiary/aromatic N) is 1. The molecule has 0 bridgehead atoms. The molecule has 0 fully saturated rings. The third kappa shape index (κ3) is 4.70. The van der Waals surface area contributed by atoms with Gasteiger partial charge in [0, 0.05) is 36.5 Å². The average Bonchev–Trinajstić information content (AvgIpc) is 2.49. The third-order valence-corrected chi connectivity index (χ3v) is 5.86. The van der Waals surface area contributed by atoms with Gasteiger partial charge in [-0.15, -0.1) is 0 Å². The molecule has 2 aromatic carbocycles. The van der Waals surface area contributed by atoms with Gasteiger partial charge >= 0.3 is 0 Å². The summed E-state index contributed by atoms with van der Waals surface area (Å²) in [6.45, 7) is 0.324. The van der Waals surface area contributed by atoms with Crippen molar-refractivity contribution in [3.63, 3.8) is 0 Å². The van der Waals surface area contributed by atoms with Gasteiger partial charge < -0.3 is 10.6 Å². The van der Waals surface area contributed by atoms with Crippen LogP contribution < -0.4 is 15.4 Å². The van der Waals surface area contributed by atoms with Gasteiger partial charge in [-0.2, -0.15) is 0 Å². The fourth-order valence-electron chi connectivity index (χ4n) is 2.07. The molecule has 0 aromatic heterocycles. The summed E-state index contributed by atoms with van der Waals surface area (Å²) >= 11 is 3.31. The van der Waals surface area contributed by atoms with Gasteiger partial charge in [0.1, 0.15) is 0 Å². The highest BCUT2D eigenvalue weighted by molar-refractivity contribution is 9.10. The minimum atomic E-state index is -3.57. The molecule has 0 spiro atoms. The SMILES string of the molecule is CN(C)c1ccc(Br)c(S(=O)(=O)NCCc2ccc(N)cc2)c1. The molecule has 0 heterocycles. The molecular formula is C16H20BrN3O2S. The number of anilines is 2.